The number of aryl methyl sites for hydroxylation is 1. The van der Waals surface area contributed by atoms with Crippen LogP contribution in [0.1, 0.15) is 22.3 Å². The number of ether oxygens (including phenoxy) is 2. The number of nitrogens with zero attached hydrogens (tertiary/aromatic N) is 2. The molecule has 1 aromatic heterocycles. The monoisotopic (exact) mass is 495 g/mol. The number of para-hydroxylation sites is 1. The second-order valence-corrected chi connectivity index (χ2v) is 8.49. The SMILES string of the molecule is COc1ccc(CCn2c(O)c(/C=C3\C(c4ccccc4)=Nc4ccccc43)c(=O)[nH]c2=O)cc1OC. The number of methoxy groups -OCH3 is 2. The highest BCUT2D eigenvalue weighted by Crippen LogP contribution is 2.38. The Hall–Kier alpha value is -4.85. The molecule has 0 unspecified atom stereocenters. The average Bonchev–Trinajstić information content (AvgIpc) is 3.29. The molecular formula is C29H25N3O5. The van der Waals surface area contributed by atoms with Gasteiger partial charge in [-0.1, -0.05) is 54.6 Å². The Morgan fingerprint density at radius 1 is 0.946 bits per heavy atom. The topological polar surface area (TPSA) is 106 Å². The van der Waals surface area contributed by atoms with Gasteiger partial charge in [-0.3, -0.25) is 14.3 Å². The first-order valence-electron chi connectivity index (χ1n) is 11.7. The molecule has 0 spiro atoms. The van der Waals surface area contributed by atoms with Gasteiger partial charge in [0.2, 0.25) is 5.88 Å². The maximum atomic E-state index is 12.8. The third kappa shape index (κ3) is 4.56. The Morgan fingerprint density at radius 3 is 2.43 bits per heavy atom. The van der Waals surface area contributed by atoms with Crippen LogP contribution in [0.25, 0.3) is 11.6 Å². The van der Waals surface area contributed by atoms with E-state index in [1.165, 1.54) is 0 Å². The third-order valence-electron chi connectivity index (χ3n) is 6.30. The van der Waals surface area contributed by atoms with Crippen molar-refractivity contribution >= 4 is 23.0 Å². The van der Waals surface area contributed by atoms with Gasteiger partial charge in [-0.15, -0.1) is 0 Å². The summed E-state index contributed by atoms with van der Waals surface area (Å²) in [5, 5.41) is 11.1. The Morgan fingerprint density at radius 2 is 1.68 bits per heavy atom. The number of hydrogen-bond acceptors (Lipinski definition) is 6. The lowest BCUT2D eigenvalue weighted by Crippen LogP contribution is -2.32. The van der Waals surface area contributed by atoms with Crippen LogP contribution in [0.15, 0.2) is 87.4 Å². The van der Waals surface area contributed by atoms with Crippen molar-refractivity contribution < 1.29 is 14.6 Å². The number of fused-ring (bicyclic) bond motifs is 1. The van der Waals surface area contributed by atoms with Crippen LogP contribution in [-0.4, -0.2) is 34.6 Å². The molecule has 8 nitrogen and oxygen atoms in total. The van der Waals surface area contributed by atoms with Crippen LogP contribution in [-0.2, 0) is 13.0 Å². The molecule has 1 aliphatic heterocycles. The number of aromatic hydroxyl groups is 1. The van der Waals surface area contributed by atoms with Crippen molar-refractivity contribution in [3.05, 3.63) is 116 Å². The zero-order valence-electron chi connectivity index (χ0n) is 20.4. The van der Waals surface area contributed by atoms with Gasteiger partial charge in [-0.25, -0.2) is 9.79 Å². The highest BCUT2D eigenvalue weighted by Gasteiger charge is 2.23. The van der Waals surface area contributed by atoms with E-state index >= 15 is 0 Å². The van der Waals surface area contributed by atoms with E-state index in [1.54, 1.807) is 26.4 Å². The molecule has 0 saturated carbocycles. The molecule has 0 saturated heterocycles. The first-order chi connectivity index (χ1) is 18.0. The number of allylic oxidation sites excluding steroid dienone is 1. The Balaban J connectivity index is 1.55. The maximum Gasteiger partial charge on any atom is 0.331 e. The van der Waals surface area contributed by atoms with Gasteiger partial charge < -0.3 is 14.6 Å². The summed E-state index contributed by atoms with van der Waals surface area (Å²) in [5.41, 5.74) is 3.36. The minimum Gasteiger partial charge on any atom is -0.494 e. The van der Waals surface area contributed by atoms with E-state index in [-0.39, 0.29) is 12.1 Å². The lowest BCUT2D eigenvalue weighted by molar-refractivity contribution is 0.354. The van der Waals surface area contributed by atoms with Gasteiger partial charge in [0.05, 0.1) is 25.6 Å². The Bertz CT molecular complexity index is 1650. The average molecular weight is 496 g/mol. The number of nitrogens with one attached hydrogen (secondary N) is 1. The van der Waals surface area contributed by atoms with Crippen molar-refractivity contribution in [3.8, 4) is 17.4 Å². The van der Waals surface area contributed by atoms with Crippen molar-refractivity contribution in [2.45, 2.75) is 13.0 Å². The van der Waals surface area contributed by atoms with Gasteiger partial charge in [0.15, 0.2) is 11.5 Å². The zero-order chi connectivity index (χ0) is 25.9. The summed E-state index contributed by atoms with van der Waals surface area (Å²) in [6.45, 7) is 0.142. The molecule has 3 aromatic carbocycles. The molecule has 0 amide bonds. The molecule has 2 N–H and O–H groups in total. The second-order valence-electron chi connectivity index (χ2n) is 8.49. The van der Waals surface area contributed by atoms with E-state index in [9.17, 15) is 14.7 Å². The molecule has 37 heavy (non-hydrogen) atoms. The number of hydrogen-bond donors (Lipinski definition) is 2. The maximum absolute atomic E-state index is 12.8. The number of H-pyrrole nitrogens is 1. The summed E-state index contributed by atoms with van der Waals surface area (Å²) < 4.78 is 11.8. The predicted octanol–water partition coefficient (Wildman–Crippen LogP) is 4.18. The molecule has 0 atom stereocenters. The summed E-state index contributed by atoms with van der Waals surface area (Å²) in [5.74, 6) is 0.756. The molecular weight excluding hydrogens is 470 g/mol. The molecule has 0 bridgehead atoms. The number of benzene rings is 3. The predicted molar refractivity (Wildman–Crippen MR) is 143 cm³/mol. The summed E-state index contributed by atoms with van der Waals surface area (Å²) >= 11 is 0. The van der Waals surface area contributed by atoms with E-state index in [0.29, 0.717) is 29.2 Å². The molecule has 5 rings (SSSR count). The van der Waals surface area contributed by atoms with Crippen LogP contribution in [0, 0.1) is 0 Å². The number of aromatic nitrogens is 2. The molecule has 0 fully saturated rings. The highest BCUT2D eigenvalue weighted by atomic mass is 16.5. The van der Waals surface area contributed by atoms with Crippen LogP contribution in [0.5, 0.6) is 17.4 Å². The standard InChI is InChI=1S/C29H25N3O5/c1-36-24-13-12-18(16-25(24)37-2)14-15-32-28(34)22(27(33)31-29(32)35)17-21-20-10-6-7-11-23(20)30-26(21)19-8-4-3-5-9-19/h3-13,16-17,34H,14-15H2,1-2H3,(H,31,33,35)/b21-17-. The molecule has 8 heteroatoms. The lowest BCUT2D eigenvalue weighted by atomic mass is 9.96. The highest BCUT2D eigenvalue weighted by molar-refractivity contribution is 6.39. The van der Waals surface area contributed by atoms with Gasteiger partial charge in [-0.05, 0) is 36.3 Å². The van der Waals surface area contributed by atoms with Crippen molar-refractivity contribution in [1.29, 1.82) is 0 Å². The fourth-order valence-electron chi connectivity index (χ4n) is 4.40. The molecule has 186 valence electrons. The smallest absolute Gasteiger partial charge is 0.331 e. The molecule has 4 aromatic rings. The Labute approximate surface area is 212 Å². The van der Waals surface area contributed by atoms with E-state index in [0.717, 1.165) is 26.9 Å². The minimum absolute atomic E-state index is 0.0118. The van der Waals surface area contributed by atoms with Crippen molar-refractivity contribution in [1.82, 2.24) is 9.55 Å². The number of rotatable bonds is 7. The van der Waals surface area contributed by atoms with Crippen molar-refractivity contribution in [2.75, 3.05) is 14.2 Å². The minimum atomic E-state index is -0.686. The Kier molecular flexibility index (Phi) is 6.47. The van der Waals surface area contributed by atoms with Gasteiger partial charge >= 0.3 is 5.69 Å². The second kappa shape index (κ2) is 10.0. The molecule has 0 radical (unpaired) electrons. The van der Waals surface area contributed by atoms with E-state index in [1.807, 2.05) is 66.7 Å². The largest absolute Gasteiger partial charge is 0.494 e. The number of aliphatic imine (C=N–C) groups is 1. The van der Waals surface area contributed by atoms with Crippen molar-refractivity contribution in [3.63, 3.8) is 0 Å². The van der Waals surface area contributed by atoms with E-state index in [4.69, 9.17) is 14.5 Å². The zero-order valence-corrected chi connectivity index (χ0v) is 20.4. The van der Waals surface area contributed by atoms with Crippen LogP contribution in [0.4, 0.5) is 5.69 Å². The molecule has 2 heterocycles. The summed E-state index contributed by atoms with van der Waals surface area (Å²) in [4.78, 5) is 32.6. The first kappa shape index (κ1) is 23.9. The summed E-state index contributed by atoms with van der Waals surface area (Å²) in [6.07, 6.45) is 2.01. The van der Waals surface area contributed by atoms with Crippen molar-refractivity contribution in [2.24, 2.45) is 4.99 Å². The van der Waals surface area contributed by atoms with Gasteiger partial charge in [-0.2, -0.15) is 0 Å². The summed E-state index contributed by atoms with van der Waals surface area (Å²) in [7, 11) is 3.11. The van der Waals surface area contributed by atoms with Gasteiger partial charge in [0.25, 0.3) is 5.56 Å². The van der Waals surface area contributed by atoms with Gasteiger partial charge in [0, 0.05) is 23.2 Å². The van der Waals surface area contributed by atoms with Crippen LogP contribution >= 0.6 is 0 Å². The van der Waals surface area contributed by atoms with Crippen LogP contribution in [0.2, 0.25) is 0 Å². The quantitative estimate of drug-likeness (QED) is 0.400. The fraction of sp³-hybridized carbons (Fsp3) is 0.138. The first-order valence-corrected chi connectivity index (χ1v) is 11.7. The van der Waals surface area contributed by atoms with E-state index in [2.05, 4.69) is 4.98 Å². The van der Waals surface area contributed by atoms with Crippen LogP contribution in [0.3, 0.4) is 0 Å². The number of aromatic amines is 1. The molecule has 1 aliphatic rings. The fourth-order valence-corrected chi connectivity index (χ4v) is 4.40. The van der Waals surface area contributed by atoms with Crippen LogP contribution < -0.4 is 20.7 Å². The normalized spacial score (nSPS) is 13.4. The van der Waals surface area contributed by atoms with E-state index < -0.39 is 17.1 Å². The molecule has 0 aliphatic carbocycles. The summed E-state index contributed by atoms with van der Waals surface area (Å²) in [6, 6.07) is 22.7. The lowest BCUT2D eigenvalue weighted by Gasteiger charge is -2.13. The van der Waals surface area contributed by atoms with Gasteiger partial charge in [0.1, 0.15) is 5.56 Å². The third-order valence-corrected chi connectivity index (χ3v) is 6.30.